The summed E-state index contributed by atoms with van der Waals surface area (Å²) in [4.78, 5) is 13.1. The van der Waals surface area contributed by atoms with Crippen molar-refractivity contribution in [3.63, 3.8) is 0 Å². The second kappa shape index (κ2) is 7.19. The lowest BCUT2D eigenvalue weighted by molar-refractivity contribution is -0.154. The van der Waals surface area contributed by atoms with Gasteiger partial charge in [0.25, 0.3) is 5.91 Å². The molecule has 4 nitrogen and oxygen atoms in total. The lowest BCUT2D eigenvalue weighted by Gasteiger charge is -2.23. The van der Waals surface area contributed by atoms with Crippen LogP contribution in [-0.2, 0) is 4.79 Å². The molecule has 3 rings (SSSR count). The molecule has 136 valence electrons. The minimum atomic E-state index is -4.44. The number of hydrazone groups is 1. The summed E-state index contributed by atoms with van der Waals surface area (Å²) in [7, 11) is 1.14. The fraction of sp³-hybridized carbons (Fsp3) is 0.263. The van der Waals surface area contributed by atoms with E-state index in [9.17, 15) is 18.0 Å². The molecular formula is C19H18F3N3O. The topological polar surface area (TPSA) is 35.9 Å². The molecule has 26 heavy (non-hydrogen) atoms. The van der Waals surface area contributed by atoms with Gasteiger partial charge in [-0.3, -0.25) is 9.80 Å². The van der Waals surface area contributed by atoms with Crippen molar-refractivity contribution in [2.45, 2.75) is 18.6 Å². The van der Waals surface area contributed by atoms with Crippen molar-refractivity contribution < 1.29 is 18.0 Å². The van der Waals surface area contributed by atoms with Crippen LogP contribution in [0.4, 0.5) is 18.9 Å². The Balaban J connectivity index is 1.89. The fourth-order valence-corrected chi connectivity index (χ4v) is 2.95. The highest BCUT2D eigenvalue weighted by Gasteiger charge is 2.37. The van der Waals surface area contributed by atoms with Crippen LogP contribution in [0.15, 0.2) is 65.8 Å². The zero-order valence-electron chi connectivity index (χ0n) is 14.1. The molecule has 0 saturated heterocycles. The summed E-state index contributed by atoms with van der Waals surface area (Å²) in [5.74, 6) is -0.707. The van der Waals surface area contributed by atoms with Crippen molar-refractivity contribution in [2.75, 3.05) is 18.6 Å². The van der Waals surface area contributed by atoms with Crippen molar-refractivity contribution in [3.05, 3.63) is 66.2 Å². The van der Waals surface area contributed by atoms with Crippen molar-refractivity contribution in [1.82, 2.24) is 4.90 Å². The minimum absolute atomic E-state index is 0.120. The Morgan fingerprint density at radius 1 is 1.12 bits per heavy atom. The molecule has 0 spiro atoms. The summed E-state index contributed by atoms with van der Waals surface area (Å²) in [5, 5.41) is 6.06. The first-order chi connectivity index (χ1) is 12.3. The molecular weight excluding hydrogens is 343 g/mol. The average molecular weight is 361 g/mol. The number of anilines is 1. The molecule has 0 aliphatic carbocycles. The number of hydrogen-bond acceptors (Lipinski definition) is 3. The number of carbonyl (C=O) groups excluding carboxylic acids is 1. The number of rotatable bonds is 4. The number of carbonyl (C=O) groups is 1. The molecule has 0 fully saturated rings. The van der Waals surface area contributed by atoms with E-state index in [1.807, 2.05) is 60.7 Å². The molecule has 2 aromatic rings. The highest BCUT2D eigenvalue weighted by atomic mass is 19.4. The smallest absolute Gasteiger partial charge is 0.331 e. The third-order valence-corrected chi connectivity index (χ3v) is 4.13. The van der Waals surface area contributed by atoms with Crippen molar-refractivity contribution in [3.8, 4) is 0 Å². The highest BCUT2D eigenvalue weighted by molar-refractivity contribution is 6.39. The average Bonchev–Trinajstić information content (AvgIpc) is 3.06. The van der Waals surface area contributed by atoms with Gasteiger partial charge in [-0.25, -0.2) is 0 Å². The molecule has 1 aliphatic heterocycles. The van der Waals surface area contributed by atoms with Crippen LogP contribution in [0.5, 0.6) is 0 Å². The fourth-order valence-electron chi connectivity index (χ4n) is 2.95. The Kier molecular flexibility index (Phi) is 4.97. The van der Waals surface area contributed by atoms with Crippen LogP contribution in [0.2, 0.25) is 0 Å². The zero-order valence-corrected chi connectivity index (χ0v) is 14.1. The van der Waals surface area contributed by atoms with E-state index < -0.39 is 18.6 Å². The minimum Gasteiger partial charge on any atom is -0.331 e. The van der Waals surface area contributed by atoms with Crippen molar-refractivity contribution in [1.29, 1.82) is 0 Å². The van der Waals surface area contributed by atoms with Crippen LogP contribution < -0.4 is 5.01 Å². The summed E-state index contributed by atoms with van der Waals surface area (Å²) in [6.07, 6.45) is -4.19. The van der Waals surface area contributed by atoms with Crippen LogP contribution in [0.1, 0.15) is 18.0 Å². The second-order valence-electron chi connectivity index (χ2n) is 6.13. The predicted molar refractivity (Wildman–Crippen MR) is 93.8 cm³/mol. The number of nitrogens with zero attached hydrogens (tertiary/aromatic N) is 3. The van der Waals surface area contributed by atoms with E-state index in [-0.39, 0.29) is 18.2 Å². The summed E-state index contributed by atoms with van der Waals surface area (Å²) in [6.45, 7) is -1.30. The van der Waals surface area contributed by atoms with E-state index in [4.69, 9.17) is 0 Å². The maximum atomic E-state index is 12.6. The van der Waals surface area contributed by atoms with E-state index in [1.165, 1.54) is 0 Å². The Labute approximate surface area is 149 Å². The molecule has 1 amide bonds. The molecule has 2 aromatic carbocycles. The number of halogens is 3. The quantitative estimate of drug-likeness (QED) is 0.825. The first kappa shape index (κ1) is 18.0. The third-order valence-electron chi connectivity index (χ3n) is 4.13. The number of hydrogen-bond donors (Lipinski definition) is 0. The Bertz CT molecular complexity index is 791. The number of para-hydroxylation sites is 1. The van der Waals surface area contributed by atoms with Crippen LogP contribution in [0.25, 0.3) is 0 Å². The van der Waals surface area contributed by atoms with Gasteiger partial charge in [-0.2, -0.15) is 18.3 Å². The summed E-state index contributed by atoms with van der Waals surface area (Å²) in [6, 6.07) is 18.5. The van der Waals surface area contributed by atoms with Gasteiger partial charge in [0.1, 0.15) is 12.3 Å². The second-order valence-corrected chi connectivity index (χ2v) is 6.13. The normalized spacial score (nSPS) is 17.2. The predicted octanol–water partition coefficient (Wildman–Crippen LogP) is 4.01. The summed E-state index contributed by atoms with van der Waals surface area (Å²) < 4.78 is 37.8. The standard InChI is InChI=1S/C19H18F3N3O/c1-24(13-19(20,21)22)18(26)16-12-17(14-8-4-2-5-9-14)25(23-16)15-10-6-3-7-11-15/h2-11,17H,12-13H2,1H3. The Morgan fingerprint density at radius 3 is 2.27 bits per heavy atom. The Morgan fingerprint density at radius 2 is 1.69 bits per heavy atom. The molecule has 0 saturated carbocycles. The van der Waals surface area contributed by atoms with E-state index >= 15 is 0 Å². The van der Waals surface area contributed by atoms with Gasteiger partial charge >= 0.3 is 6.18 Å². The number of benzene rings is 2. The van der Waals surface area contributed by atoms with Gasteiger partial charge in [-0.05, 0) is 17.7 Å². The number of amides is 1. The van der Waals surface area contributed by atoms with Crippen LogP contribution in [0, 0.1) is 0 Å². The molecule has 1 atom stereocenters. The first-order valence-electron chi connectivity index (χ1n) is 8.14. The molecule has 0 aromatic heterocycles. The maximum absolute atomic E-state index is 12.6. The summed E-state index contributed by atoms with van der Waals surface area (Å²) in [5.41, 5.74) is 1.85. The molecule has 1 aliphatic rings. The lowest BCUT2D eigenvalue weighted by Crippen LogP contribution is -2.39. The van der Waals surface area contributed by atoms with Gasteiger partial charge in [-0.15, -0.1) is 0 Å². The SMILES string of the molecule is CN(CC(F)(F)F)C(=O)C1=NN(c2ccccc2)C(c2ccccc2)C1. The first-order valence-corrected chi connectivity index (χ1v) is 8.14. The maximum Gasteiger partial charge on any atom is 0.406 e. The zero-order chi connectivity index (χ0) is 18.7. The molecule has 0 bridgehead atoms. The molecule has 7 heteroatoms. The van der Waals surface area contributed by atoms with E-state index in [2.05, 4.69) is 5.10 Å². The van der Waals surface area contributed by atoms with Gasteiger partial charge in [0.2, 0.25) is 0 Å². The molecule has 1 heterocycles. The lowest BCUT2D eigenvalue weighted by atomic mass is 10.0. The molecule has 1 unspecified atom stereocenters. The molecule has 0 radical (unpaired) electrons. The van der Waals surface area contributed by atoms with Crippen molar-refractivity contribution >= 4 is 17.3 Å². The summed E-state index contributed by atoms with van der Waals surface area (Å²) >= 11 is 0. The van der Waals surface area contributed by atoms with Gasteiger partial charge in [0, 0.05) is 13.5 Å². The van der Waals surface area contributed by atoms with Gasteiger partial charge in [-0.1, -0.05) is 48.5 Å². The van der Waals surface area contributed by atoms with Crippen LogP contribution in [-0.4, -0.2) is 36.3 Å². The van der Waals surface area contributed by atoms with Gasteiger partial charge in [0.15, 0.2) is 0 Å². The molecule has 0 N–H and O–H groups in total. The highest BCUT2D eigenvalue weighted by Crippen LogP contribution is 2.35. The van der Waals surface area contributed by atoms with Gasteiger partial charge in [0.05, 0.1) is 11.7 Å². The van der Waals surface area contributed by atoms with Crippen LogP contribution in [0.3, 0.4) is 0 Å². The van der Waals surface area contributed by atoms with Crippen LogP contribution >= 0.6 is 0 Å². The van der Waals surface area contributed by atoms with E-state index in [1.54, 1.807) is 5.01 Å². The van der Waals surface area contributed by atoms with Gasteiger partial charge < -0.3 is 4.90 Å². The Hall–Kier alpha value is -2.83. The third kappa shape index (κ3) is 4.04. The van der Waals surface area contributed by atoms with E-state index in [0.717, 1.165) is 18.3 Å². The largest absolute Gasteiger partial charge is 0.406 e. The van der Waals surface area contributed by atoms with E-state index in [0.29, 0.717) is 4.90 Å². The number of alkyl halides is 3. The van der Waals surface area contributed by atoms with Crippen molar-refractivity contribution in [2.24, 2.45) is 5.10 Å². The monoisotopic (exact) mass is 361 g/mol.